The monoisotopic (exact) mass is 482 g/mol. The summed E-state index contributed by atoms with van der Waals surface area (Å²) in [6.45, 7) is 0.646. The summed E-state index contributed by atoms with van der Waals surface area (Å²) in [5.74, 6) is -1.83. The van der Waals surface area contributed by atoms with Crippen LogP contribution >= 0.6 is 0 Å². The smallest absolute Gasteiger partial charge is 0.343 e. The molecule has 1 saturated heterocycles. The molecule has 1 fully saturated rings. The van der Waals surface area contributed by atoms with Gasteiger partial charge in [-0.25, -0.2) is 17.6 Å². The molecular formula is C25H23FN2O5S. The van der Waals surface area contributed by atoms with Crippen molar-refractivity contribution in [2.45, 2.75) is 24.2 Å². The summed E-state index contributed by atoms with van der Waals surface area (Å²) >= 11 is 0. The molecule has 9 heteroatoms. The maximum absolute atomic E-state index is 14.4. The van der Waals surface area contributed by atoms with Crippen molar-refractivity contribution in [3.63, 3.8) is 0 Å². The topological polar surface area (TPSA) is 92.8 Å². The van der Waals surface area contributed by atoms with Gasteiger partial charge in [0, 0.05) is 24.3 Å². The Labute approximate surface area is 197 Å². The third-order valence-corrected chi connectivity index (χ3v) is 7.37. The zero-order valence-electron chi connectivity index (χ0n) is 18.2. The van der Waals surface area contributed by atoms with Crippen molar-refractivity contribution in [1.29, 1.82) is 0 Å². The molecule has 0 radical (unpaired) electrons. The maximum atomic E-state index is 14.4. The number of halogens is 1. The van der Waals surface area contributed by atoms with Crippen molar-refractivity contribution in [2.24, 2.45) is 0 Å². The lowest BCUT2D eigenvalue weighted by Gasteiger charge is -2.26. The summed E-state index contributed by atoms with van der Waals surface area (Å²) in [6, 6.07) is 18.0. The van der Waals surface area contributed by atoms with E-state index in [0.717, 1.165) is 18.6 Å². The Hall–Kier alpha value is -3.56. The van der Waals surface area contributed by atoms with E-state index < -0.39 is 26.7 Å². The summed E-state index contributed by atoms with van der Waals surface area (Å²) < 4.78 is 46.7. The van der Waals surface area contributed by atoms with Crippen LogP contribution < -0.4 is 10.1 Å². The van der Waals surface area contributed by atoms with Crippen LogP contribution in [0, 0.1) is 5.82 Å². The molecule has 34 heavy (non-hydrogen) atoms. The van der Waals surface area contributed by atoms with Gasteiger partial charge in [0.15, 0.2) is 0 Å². The zero-order chi connectivity index (χ0) is 24.1. The number of carbonyl (C=O) groups excluding carboxylic acids is 2. The van der Waals surface area contributed by atoms with Gasteiger partial charge < -0.3 is 10.1 Å². The van der Waals surface area contributed by atoms with E-state index in [0.29, 0.717) is 37.2 Å². The summed E-state index contributed by atoms with van der Waals surface area (Å²) in [5.41, 5.74) is 0.924. The summed E-state index contributed by atoms with van der Waals surface area (Å²) in [5, 5.41) is 2.74. The van der Waals surface area contributed by atoms with Crippen LogP contribution in [0.4, 0.5) is 10.1 Å². The van der Waals surface area contributed by atoms with Crippen LogP contribution in [0.3, 0.4) is 0 Å². The minimum absolute atomic E-state index is 0.0848. The fourth-order valence-electron chi connectivity index (χ4n) is 3.64. The Balaban J connectivity index is 1.45. The van der Waals surface area contributed by atoms with Gasteiger partial charge in [-0.05, 0) is 67.4 Å². The van der Waals surface area contributed by atoms with E-state index >= 15 is 0 Å². The van der Waals surface area contributed by atoms with Gasteiger partial charge in [0.1, 0.15) is 16.5 Å². The molecule has 0 unspecified atom stereocenters. The first-order valence-electron chi connectivity index (χ1n) is 10.8. The number of benzene rings is 3. The molecule has 0 spiro atoms. The average molecular weight is 483 g/mol. The number of ether oxygens (including phenoxy) is 1. The van der Waals surface area contributed by atoms with Gasteiger partial charge in [0.2, 0.25) is 10.0 Å². The number of hydrogen-bond acceptors (Lipinski definition) is 5. The molecule has 1 N–H and O–H groups in total. The molecule has 3 aromatic carbocycles. The van der Waals surface area contributed by atoms with Crippen LogP contribution in [0.15, 0.2) is 77.7 Å². The Morgan fingerprint density at radius 2 is 1.53 bits per heavy atom. The molecule has 0 aliphatic carbocycles. The zero-order valence-corrected chi connectivity index (χ0v) is 19.1. The van der Waals surface area contributed by atoms with Gasteiger partial charge in [-0.2, -0.15) is 4.31 Å². The molecule has 7 nitrogen and oxygen atoms in total. The number of nitrogens with one attached hydrogen (secondary N) is 1. The molecule has 1 heterocycles. The summed E-state index contributed by atoms with van der Waals surface area (Å²) in [7, 11) is -4.05. The van der Waals surface area contributed by atoms with E-state index in [1.165, 1.54) is 22.5 Å². The third-order valence-electron chi connectivity index (χ3n) is 5.46. The Morgan fingerprint density at radius 3 is 2.21 bits per heavy atom. The fraction of sp³-hybridized carbons (Fsp3) is 0.200. The fourth-order valence-corrected chi connectivity index (χ4v) is 5.24. The molecule has 0 aromatic heterocycles. The van der Waals surface area contributed by atoms with E-state index in [2.05, 4.69) is 5.32 Å². The van der Waals surface area contributed by atoms with Gasteiger partial charge in [0.05, 0.1) is 5.56 Å². The normalized spacial score (nSPS) is 14.4. The van der Waals surface area contributed by atoms with E-state index in [1.54, 1.807) is 36.4 Å². The first-order valence-corrected chi connectivity index (χ1v) is 12.3. The van der Waals surface area contributed by atoms with E-state index in [4.69, 9.17) is 4.74 Å². The number of sulfonamides is 1. The number of rotatable bonds is 6. The van der Waals surface area contributed by atoms with Crippen LogP contribution in [0.1, 0.15) is 40.0 Å². The van der Waals surface area contributed by atoms with E-state index in [1.807, 2.05) is 6.07 Å². The molecule has 1 amide bonds. The minimum atomic E-state index is -4.05. The summed E-state index contributed by atoms with van der Waals surface area (Å²) in [4.78, 5) is 24.3. The van der Waals surface area contributed by atoms with Gasteiger partial charge >= 0.3 is 5.97 Å². The molecule has 0 bridgehead atoms. The second-order valence-corrected chi connectivity index (χ2v) is 9.75. The minimum Gasteiger partial charge on any atom is -0.423 e. The first kappa shape index (κ1) is 23.6. The maximum Gasteiger partial charge on any atom is 0.343 e. The van der Waals surface area contributed by atoms with Crippen molar-refractivity contribution >= 4 is 27.6 Å². The number of esters is 1. The number of nitrogens with zero attached hydrogens (tertiary/aromatic N) is 1. The van der Waals surface area contributed by atoms with Gasteiger partial charge in [-0.3, -0.25) is 4.79 Å². The third kappa shape index (κ3) is 5.32. The Kier molecular flexibility index (Phi) is 7.04. The Bertz CT molecular complexity index is 1290. The van der Waals surface area contributed by atoms with Crippen molar-refractivity contribution in [3.8, 4) is 5.75 Å². The molecule has 0 saturated carbocycles. The second kappa shape index (κ2) is 10.1. The number of anilines is 1. The standard InChI is InChI=1S/C25H23FN2O5S/c26-22-14-9-19(17-23(22)34(31,32)28-15-5-2-6-16-28)25(30)33-21-12-10-20(11-13-21)27-24(29)18-7-3-1-4-8-18/h1,3-4,7-14,17H,2,5-6,15-16H2,(H,27,29). The van der Waals surface area contributed by atoms with Gasteiger partial charge in [0.25, 0.3) is 5.91 Å². The average Bonchev–Trinajstić information content (AvgIpc) is 2.86. The highest BCUT2D eigenvalue weighted by atomic mass is 32.2. The molecule has 4 rings (SSSR count). The lowest BCUT2D eigenvalue weighted by molar-refractivity contribution is 0.0734. The SMILES string of the molecule is O=C(Nc1ccc(OC(=O)c2ccc(F)c(S(=O)(=O)N3CCCCC3)c2)cc1)c1ccccc1. The number of carbonyl (C=O) groups is 2. The molecule has 3 aromatic rings. The lowest BCUT2D eigenvalue weighted by atomic mass is 10.2. The highest BCUT2D eigenvalue weighted by Gasteiger charge is 2.29. The molecule has 176 valence electrons. The molecule has 1 aliphatic heterocycles. The van der Waals surface area contributed by atoms with Crippen LogP contribution in [0.25, 0.3) is 0 Å². The van der Waals surface area contributed by atoms with Crippen LogP contribution in [-0.4, -0.2) is 37.7 Å². The highest BCUT2D eigenvalue weighted by Crippen LogP contribution is 2.25. The highest BCUT2D eigenvalue weighted by molar-refractivity contribution is 7.89. The van der Waals surface area contributed by atoms with Crippen LogP contribution in [0.2, 0.25) is 0 Å². The van der Waals surface area contributed by atoms with E-state index in [-0.39, 0.29) is 17.2 Å². The second-order valence-electron chi connectivity index (χ2n) is 7.84. The summed E-state index contributed by atoms with van der Waals surface area (Å²) in [6.07, 6.45) is 2.35. The van der Waals surface area contributed by atoms with Crippen molar-refractivity contribution in [2.75, 3.05) is 18.4 Å². The van der Waals surface area contributed by atoms with Gasteiger partial charge in [-0.1, -0.05) is 24.6 Å². The molecule has 0 atom stereocenters. The molecule has 1 aliphatic rings. The van der Waals surface area contributed by atoms with Gasteiger partial charge in [-0.15, -0.1) is 0 Å². The van der Waals surface area contributed by atoms with Crippen molar-refractivity contribution < 1.29 is 27.1 Å². The number of amides is 1. The lowest BCUT2D eigenvalue weighted by Crippen LogP contribution is -2.36. The molecular weight excluding hydrogens is 459 g/mol. The number of piperidine rings is 1. The largest absolute Gasteiger partial charge is 0.423 e. The predicted octanol–water partition coefficient (Wildman–Crippen LogP) is 4.47. The van der Waals surface area contributed by atoms with Crippen molar-refractivity contribution in [1.82, 2.24) is 4.31 Å². The first-order chi connectivity index (χ1) is 16.3. The van der Waals surface area contributed by atoms with E-state index in [9.17, 15) is 22.4 Å². The Morgan fingerprint density at radius 1 is 0.853 bits per heavy atom. The van der Waals surface area contributed by atoms with Crippen molar-refractivity contribution in [3.05, 3.63) is 89.7 Å². The quantitative estimate of drug-likeness (QED) is 0.413. The predicted molar refractivity (Wildman–Crippen MR) is 125 cm³/mol. The van der Waals surface area contributed by atoms with Crippen LogP contribution in [-0.2, 0) is 10.0 Å². The van der Waals surface area contributed by atoms with Crippen LogP contribution in [0.5, 0.6) is 5.75 Å². The number of hydrogen-bond donors (Lipinski definition) is 1.